The van der Waals surface area contributed by atoms with Gasteiger partial charge in [0.2, 0.25) is 5.91 Å². The van der Waals surface area contributed by atoms with Gasteiger partial charge in [-0.15, -0.1) is 0 Å². The summed E-state index contributed by atoms with van der Waals surface area (Å²) in [6, 6.07) is 3.16. The van der Waals surface area contributed by atoms with Gasteiger partial charge in [-0.05, 0) is 56.5 Å². The number of imidazole rings is 1. The Kier molecular flexibility index (Phi) is 8.44. The molecule has 2 fully saturated rings. The third-order valence-corrected chi connectivity index (χ3v) is 7.47. The van der Waals surface area contributed by atoms with Crippen LogP contribution in [0.2, 0.25) is 0 Å². The zero-order valence-corrected chi connectivity index (χ0v) is 23.5. The molecule has 0 saturated heterocycles. The van der Waals surface area contributed by atoms with E-state index in [1.54, 1.807) is 18.2 Å². The van der Waals surface area contributed by atoms with Crippen LogP contribution >= 0.6 is 0 Å². The van der Waals surface area contributed by atoms with Crippen LogP contribution in [-0.2, 0) is 14.3 Å². The predicted molar refractivity (Wildman–Crippen MR) is 139 cm³/mol. The number of carbonyl (C=O) groups is 2. The number of benzene rings is 1. The van der Waals surface area contributed by atoms with Crippen molar-refractivity contribution in [3.63, 3.8) is 0 Å². The zero-order chi connectivity index (χ0) is 31.1. The van der Waals surface area contributed by atoms with Gasteiger partial charge < -0.3 is 25.1 Å². The topological polar surface area (TPSA) is 144 Å². The molecule has 2 saturated carbocycles. The van der Waals surface area contributed by atoms with E-state index >= 15 is 0 Å². The first kappa shape index (κ1) is 30.8. The fraction of sp³-hybridized carbons (Fsp3) is 0.593. The van der Waals surface area contributed by atoms with Gasteiger partial charge >= 0.3 is 6.18 Å². The monoisotopic (exact) mass is 614 g/mol. The van der Waals surface area contributed by atoms with Crippen LogP contribution in [0.1, 0.15) is 79.2 Å². The number of alkyl halides is 5. The molecule has 2 amide bonds. The van der Waals surface area contributed by atoms with Crippen molar-refractivity contribution in [2.24, 2.45) is 5.92 Å². The smallest absolute Gasteiger partial charge is 0.376 e. The van der Waals surface area contributed by atoms with Crippen molar-refractivity contribution in [1.29, 1.82) is 0 Å². The number of amides is 2. The SMILES string of the molecule is Cc1nonc1C(=O)N[C@H](c1nc2ccc([C@@H](COC3CC3)NC(=O)C[C@H]3CC3(F)F)cc2[nH]1)[C@@H](C)O[C@H](C)C(F)(F)F. The first-order valence-corrected chi connectivity index (χ1v) is 13.8. The number of aryl methyl sites for hydroxylation is 1. The Labute approximate surface area is 242 Å². The molecule has 2 heterocycles. The van der Waals surface area contributed by atoms with E-state index in [9.17, 15) is 31.5 Å². The second-order valence-electron chi connectivity index (χ2n) is 11.1. The van der Waals surface area contributed by atoms with Crippen molar-refractivity contribution in [2.45, 2.75) is 88.9 Å². The van der Waals surface area contributed by atoms with Gasteiger partial charge in [-0.1, -0.05) is 11.2 Å². The molecule has 5 rings (SSSR count). The van der Waals surface area contributed by atoms with E-state index in [0.717, 1.165) is 19.8 Å². The van der Waals surface area contributed by atoms with Gasteiger partial charge in [0.05, 0.1) is 35.9 Å². The van der Waals surface area contributed by atoms with Gasteiger partial charge in [-0.25, -0.2) is 18.4 Å². The Balaban J connectivity index is 1.39. The maximum Gasteiger partial charge on any atom is 0.414 e. The van der Waals surface area contributed by atoms with E-state index < -0.39 is 54.1 Å². The molecule has 2 aliphatic rings. The molecule has 43 heavy (non-hydrogen) atoms. The Bertz CT molecular complexity index is 1470. The fourth-order valence-electron chi connectivity index (χ4n) is 4.60. The molecular formula is C27H31F5N6O5. The Hall–Kier alpha value is -3.66. The number of fused-ring (bicyclic) bond motifs is 1. The lowest BCUT2D eigenvalue weighted by molar-refractivity contribution is -0.227. The van der Waals surface area contributed by atoms with E-state index in [1.807, 2.05) is 0 Å². The standard InChI is InChI=1S/C27H31F5N6O5/c1-12-22(38-43-37-12)25(40)36-23(13(2)42-14(3)27(30,31)32)24-34-18-7-4-15(8-19(18)35-24)20(11-41-17-5-6-17)33-21(39)9-16-10-26(16,28)29/h4,7-8,13-14,16-17,20,23H,5-6,9-11H2,1-3H3,(H,33,39)(H,34,35)(H,36,40)/t13-,14-,16+,20-,23+/m1/s1. The summed E-state index contributed by atoms with van der Waals surface area (Å²) >= 11 is 0. The van der Waals surface area contributed by atoms with Crippen molar-refractivity contribution in [2.75, 3.05) is 6.61 Å². The number of rotatable bonds is 13. The molecule has 0 radical (unpaired) electrons. The van der Waals surface area contributed by atoms with Gasteiger partial charge in [0.25, 0.3) is 11.8 Å². The maximum absolute atomic E-state index is 13.4. The maximum atomic E-state index is 13.4. The van der Waals surface area contributed by atoms with Gasteiger partial charge in [0.1, 0.15) is 17.6 Å². The molecule has 0 bridgehead atoms. The molecule has 11 nitrogen and oxygen atoms in total. The lowest BCUT2D eigenvalue weighted by Gasteiger charge is -2.27. The summed E-state index contributed by atoms with van der Waals surface area (Å²) in [5.41, 5.74) is 1.48. The van der Waals surface area contributed by atoms with Crippen molar-refractivity contribution in [3.05, 3.63) is 41.0 Å². The number of hydrogen-bond acceptors (Lipinski definition) is 8. The number of H-pyrrole nitrogens is 1. The van der Waals surface area contributed by atoms with Crippen LogP contribution in [0.4, 0.5) is 22.0 Å². The summed E-state index contributed by atoms with van der Waals surface area (Å²) in [6.45, 7) is 3.82. The van der Waals surface area contributed by atoms with Crippen LogP contribution in [0.25, 0.3) is 11.0 Å². The van der Waals surface area contributed by atoms with Crippen molar-refractivity contribution in [3.8, 4) is 0 Å². The Morgan fingerprint density at radius 1 is 1.19 bits per heavy atom. The summed E-state index contributed by atoms with van der Waals surface area (Å²) in [5, 5.41) is 12.5. The molecule has 3 aromatic rings. The second kappa shape index (κ2) is 11.8. The highest BCUT2D eigenvalue weighted by atomic mass is 19.4. The summed E-state index contributed by atoms with van der Waals surface area (Å²) < 4.78 is 82.2. The highest BCUT2D eigenvalue weighted by Crippen LogP contribution is 2.50. The van der Waals surface area contributed by atoms with E-state index in [1.165, 1.54) is 13.8 Å². The minimum absolute atomic E-state index is 0.0724. The normalized spacial score (nSPS) is 20.8. The third kappa shape index (κ3) is 7.47. The number of aromatic amines is 1. The lowest BCUT2D eigenvalue weighted by atomic mass is 10.1. The average molecular weight is 615 g/mol. The molecule has 1 aromatic carbocycles. The molecule has 0 spiro atoms. The number of nitrogens with zero attached hydrogens (tertiary/aromatic N) is 3. The van der Waals surface area contributed by atoms with Crippen LogP contribution in [0.5, 0.6) is 0 Å². The summed E-state index contributed by atoms with van der Waals surface area (Å²) in [5.74, 6) is -5.00. The highest BCUT2D eigenvalue weighted by Gasteiger charge is 2.57. The number of carbonyl (C=O) groups excluding carboxylic acids is 2. The van der Waals surface area contributed by atoms with Crippen LogP contribution in [0.3, 0.4) is 0 Å². The number of halogens is 5. The Morgan fingerprint density at radius 3 is 2.51 bits per heavy atom. The van der Waals surface area contributed by atoms with Crippen LogP contribution in [-0.4, -0.2) is 69.1 Å². The number of hydrogen-bond donors (Lipinski definition) is 3. The summed E-state index contributed by atoms with van der Waals surface area (Å²) in [6.07, 6.45) is -6.76. The van der Waals surface area contributed by atoms with E-state index in [4.69, 9.17) is 9.47 Å². The van der Waals surface area contributed by atoms with Crippen LogP contribution < -0.4 is 10.6 Å². The molecule has 5 atom stereocenters. The van der Waals surface area contributed by atoms with Gasteiger partial charge in [-0.3, -0.25) is 9.59 Å². The molecule has 3 N–H and O–H groups in total. The largest absolute Gasteiger partial charge is 0.414 e. The predicted octanol–water partition coefficient (Wildman–Crippen LogP) is 4.46. The lowest BCUT2D eigenvalue weighted by Crippen LogP contribution is -2.41. The zero-order valence-electron chi connectivity index (χ0n) is 23.5. The van der Waals surface area contributed by atoms with E-state index in [2.05, 4.69) is 35.5 Å². The van der Waals surface area contributed by atoms with Gasteiger partial charge in [0, 0.05) is 18.8 Å². The number of aromatic nitrogens is 4. The van der Waals surface area contributed by atoms with E-state index in [0.29, 0.717) is 16.6 Å². The first-order chi connectivity index (χ1) is 20.2. The molecule has 234 valence electrons. The molecular weight excluding hydrogens is 583 g/mol. The Morgan fingerprint density at radius 2 is 1.91 bits per heavy atom. The van der Waals surface area contributed by atoms with Crippen molar-refractivity contribution in [1.82, 2.24) is 30.9 Å². The van der Waals surface area contributed by atoms with Crippen LogP contribution in [0.15, 0.2) is 22.8 Å². The van der Waals surface area contributed by atoms with Crippen molar-refractivity contribution >= 4 is 22.8 Å². The highest BCUT2D eigenvalue weighted by molar-refractivity contribution is 5.93. The summed E-state index contributed by atoms with van der Waals surface area (Å²) in [4.78, 5) is 33.0. The van der Waals surface area contributed by atoms with E-state index in [-0.39, 0.29) is 42.8 Å². The second-order valence-corrected chi connectivity index (χ2v) is 11.1. The third-order valence-electron chi connectivity index (χ3n) is 7.47. The minimum atomic E-state index is -4.64. The molecule has 2 aliphatic carbocycles. The van der Waals surface area contributed by atoms with Crippen LogP contribution in [0, 0.1) is 12.8 Å². The number of ether oxygens (including phenoxy) is 2. The van der Waals surface area contributed by atoms with Gasteiger partial charge in [-0.2, -0.15) is 13.2 Å². The first-order valence-electron chi connectivity index (χ1n) is 13.8. The molecule has 2 aromatic heterocycles. The summed E-state index contributed by atoms with van der Waals surface area (Å²) in [7, 11) is 0. The molecule has 0 aliphatic heterocycles. The number of nitrogens with one attached hydrogen (secondary N) is 3. The van der Waals surface area contributed by atoms with Gasteiger partial charge in [0.15, 0.2) is 11.8 Å². The molecule has 16 heteroatoms. The fourth-order valence-corrected chi connectivity index (χ4v) is 4.60. The average Bonchev–Trinajstić information content (AvgIpc) is 3.73. The quantitative estimate of drug-likeness (QED) is 0.240. The van der Waals surface area contributed by atoms with Crippen molar-refractivity contribution < 1.29 is 45.6 Å². The molecule has 0 unspecified atom stereocenters. The minimum Gasteiger partial charge on any atom is -0.376 e.